The molecule has 0 aliphatic heterocycles. The normalized spacial score (nSPS) is 11.4. The van der Waals surface area contributed by atoms with Gasteiger partial charge in [-0.1, -0.05) is 19.0 Å². The van der Waals surface area contributed by atoms with Crippen molar-refractivity contribution in [3.8, 4) is 0 Å². The molecule has 0 saturated carbocycles. The highest BCUT2D eigenvalue weighted by atomic mass is 16.5. The number of nitrogens with one attached hydrogen (secondary N) is 3. The summed E-state index contributed by atoms with van der Waals surface area (Å²) in [7, 11) is 0. The number of aliphatic imine (C=N–C) groups is 1. The van der Waals surface area contributed by atoms with Crippen molar-refractivity contribution in [2.45, 2.75) is 46.7 Å². The summed E-state index contributed by atoms with van der Waals surface area (Å²) in [5.41, 5.74) is 1.95. The van der Waals surface area contributed by atoms with Crippen molar-refractivity contribution in [3.63, 3.8) is 0 Å². The number of guanidine groups is 1. The zero-order valence-corrected chi connectivity index (χ0v) is 15.6. The highest BCUT2D eigenvalue weighted by molar-refractivity contribution is 5.86. The molecular formula is C18H27N5O3. The number of aryl methyl sites for hydroxylation is 2. The number of hydrogen-bond donors (Lipinski definition) is 3. The van der Waals surface area contributed by atoms with E-state index in [2.05, 4.69) is 26.1 Å². The molecule has 0 bridgehead atoms. The van der Waals surface area contributed by atoms with Gasteiger partial charge in [-0.2, -0.15) is 0 Å². The van der Waals surface area contributed by atoms with Crippen molar-refractivity contribution < 1.29 is 13.7 Å². The maximum absolute atomic E-state index is 12.0. The van der Waals surface area contributed by atoms with Gasteiger partial charge in [-0.25, -0.2) is 4.99 Å². The van der Waals surface area contributed by atoms with Crippen molar-refractivity contribution in [1.29, 1.82) is 0 Å². The van der Waals surface area contributed by atoms with Crippen LogP contribution >= 0.6 is 0 Å². The standard InChI is InChI=1S/C18H27N5O3/c1-4-15-14(16(5-2)26-23-15)11-21-18(19-6-3)22-12-17(24)20-10-13-8-7-9-25-13/h7-9H,4-6,10-12H2,1-3H3,(H,20,24)(H2,19,21,22). The molecule has 0 aliphatic carbocycles. The zero-order valence-electron chi connectivity index (χ0n) is 15.6. The van der Waals surface area contributed by atoms with Gasteiger partial charge in [0, 0.05) is 18.5 Å². The van der Waals surface area contributed by atoms with Gasteiger partial charge in [-0.05, 0) is 25.5 Å². The average Bonchev–Trinajstić information content (AvgIpc) is 3.31. The highest BCUT2D eigenvalue weighted by Crippen LogP contribution is 2.16. The molecule has 8 heteroatoms. The topological polar surface area (TPSA) is 105 Å². The minimum atomic E-state index is -0.138. The second-order valence-electron chi connectivity index (χ2n) is 5.64. The third-order valence-corrected chi connectivity index (χ3v) is 3.80. The average molecular weight is 361 g/mol. The van der Waals surface area contributed by atoms with E-state index in [4.69, 9.17) is 8.94 Å². The van der Waals surface area contributed by atoms with Gasteiger partial charge in [0.25, 0.3) is 0 Å². The Bertz CT molecular complexity index is 685. The fourth-order valence-electron chi connectivity index (χ4n) is 2.44. The summed E-state index contributed by atoms with van der Waals surface area (Å²) in [5.74, 6) is 2.01. The molecule has 2 aromatic rings. The molecule has 0 spiro atoms. The maximum atomic E-state index is 12.0. The van der Waals surface area contributed by atoms with Gasteiger partial charge in [0.15, 0.2) is 5.96 Å². The van der Waals surface area contributed by atoms with E-state index in [1.165, 1.54) is 0 Å². The predicted molar refractivity (Wildman–Crippen MR) is 98.6 cm³/mol. The second kappa shape index (κ2) is 10.3. The summed E-state index contributed by atoms with van der Waals surface area (Å²) >= 11 is 0. The Morgan fingerprint density at radius 1 is 1.19 bits per heavy atom. The molecule has 142 valence electrons. The zero-order chi connectivity index (χ0) is 18.8. The first-order chi connectivity index (χ1) is 12.7. The first kappa shape index (κ1) is 19.6. The van der Waals surface area contributed by atoms with Gasteiger partial charge < -0.3 is 24.9 Å². The first-order valence-corrected chi connectivity index (χ1v) is 8.95. The Kier molecular flexibility index (Phi) is 7.73. The lowest BCUT2D eigenvalue weighted by Gasteiger charge is -2.11. The molecule has 0 aliphatic rings. The molecule has 0 unspecified atom stereocenters. The monoisotopic (exact) mass is 361 g/mol. The lowest BCUT2D eigenvalue weighted by atomic mass is 10.1. The van der Waals surface area contributed by atoms with Crippen molar-refractivity contribution in [3.05, 3.63) is 41.2 Å². The first-order valence-electron chi connectivity index (χ1n) is 8.95. The minimum Gasteiger partial charge on any atom is -0.467 e. The van der Waals surface area contributed by atoms with E-state index >= 15 is 0 Å². The lowest BCUT2D eigenvalue weighted by Crippen LogP contribution is -2.43. The Balaban J connectivity index is 1.90. The van der Waals surface area contributed by atoms with Crippen LogP contribution < -0.4 is 16.0 Å². The van der Waals surface area contributed by atoms with E-state index in [0.717, 1.165) is 29.9 Å². The van der Waals surface area contributed by atoms with Crippen LogP contribution in [0.5, 0.6) is 0 Å². The fourth-order valence-corrected chi connectivity index (χ4v) is 2.44. The summed E-state index contributed by atoms with van der Waals surface area (Å²) in [5, 5.41) is 13.0. The number of carbonyl (C=O) groups is 1. The van der Waals surface area contributed by atoms with Crippen LogP contribution in [0.25, 0.3) is 0 Å². The Morgan fingerprint density at radius 3 is 2.69 bits per heavy atom. The third-order valence-electron chi connectivity index (χ3n) is 3.80. The number of aromatic nitrogens is 1. The molecule has 26 heavy (non-hydrogen) atoms. The van der Waals surface area contributed by atoms with Gasteiger partial charge in [-0.15, -0.1) is 0 Å². The molecule has 2 aromatic heterocycles. The van der Waals surface area contributed by atoms with Crippen molar-refractivity contribution in [2.75, 3.05) is 13.1 Å². The van der Waals surface area contributed by atoms with Crippen LogP contribution in [0.1, 0.15) is 43.5 Å². The van der Waals surface area contributed by atoms with Crippen molar-refractivity contribution in [2.24, 2.45) is 4.99 Å². The molecule has 0 saturated heterocycles. The van der Waals surface area contributed by atoms with Gasteiger partial charge in [-0.3, -0.25) is 4.79 Å². The number of carbonyl (C=O) groups excluding carboxylic acids is 1. The van der Waals surface area contributed by atoms with Crippen LogP contribution in [0.4, 0.5) is 0 Å². The highest BCUT2D eigenvalue weighted by Gasteiger charge is 2.13. The maximum Gasteiger partial charge on any atom is 0.239 e. The third kappa shape index (κ3) is 5.65. The lowest BCUT2D eigenvalue weighted by molar-refractivity contribution is -0.120. The molecular weight excluding hydrogens is 334 g/mol. The minimum absolute atomic E-state index is 0.122. The van der Waals surface area contributed by atoms with Crippen LogP contribution in [-0.4, -0.2) is 30.1 Å². The Hall–Kier alpha value is -2.77. The SMILES string of the molecule is CCNC(=NCc1c(CC)noc1CC)NCC(=O)NCc1ccco1. The smallest absolute Gasteiger partial charge is 0.239 e. The van der Waals surface area contributed by atoms with E-state index < -0.39 is 0 Å². The molecule has 0 fully saturated rings. The summed E-state index contributed by atoms with van der Waals surface area (Å²) < 4.78 is 10.5. The van der Waals surface area contributed by atoms with E-state index in [-0.39, 0.29) is 12.5 Å². The van der Waals surface area contributed by atoms with Gasteiger partial charge >= 0.3 is 0 Å². The molecule has 2 rings (SSSR count). The summed E-state index contributed by atoms with van der Waals surface area (Å²) in [6, 6.07) is 3.60. The number of amides is 1. The number of rotatable bonds is 9. The van der Waals surface area contributed by atoms with E-state index in [1.807, 2.05) is 26.8 Å². The molecule has 3 N–H and O–H groups in total. The largest absolute Gasteiger partial charge is 0.467 e. The number of hydrogen-bond acceptors (Lipinski definition) is 5. The van der Waals surface area contributed by atoms with Crippen molar-refractivity contribution in [1.82, 2.24) is 21.1 Å². The quantitative estimate of drug-likeness (QED) is 0.464. The van der Waals surface area contributed by atoms with E-state index in [0.29, 0.717) is 31.4 Å². The van der Waals surface area contributed by atoms with Crippen molar-refractivity contribution >= 4 is 11.9 Å². The second-order valence-corrected chi connectivity index (χ2v) is 5.64. The molecule has 2 heterocycles. The van der Waals surface area contributed by atoms with Crippen LogP contribution in [0.15, 0.2) is 32.3 Å². The van der Waals surface area contributed by atoms with Crippen LogP contribution in [-0.2, 0) is 30.7 Å². The predicted octanol–water partition coefficient (Wildman–Crippen LogP) is 1.76. The molecule has 8 nitrogen and oxygen atoms in total. The molecule has 0 aromatic carbocycles. The Morgan fingerprint density at radius 2 is 2.04 bits per heavy atom. The van der Waals surface area contributed by atoms with Gasteiger partial charge in [0.1, 0.15) is 11.5 Å². The summed E-state index contributed by atoms with van der Waals surface area (Å²) in [6.45, 7) is 7.68. The van der Waals surface area contributed by atoms with E-state index in [9.17, 15) is 4.79 Å². The van der Waals surface area contributed by atoms with Gasteiger partial charge in [0.05, 0.1) is 31.6 Å². The van der Waals surface area contributed by atoms with Crippen LogP contribution in [0, 0.1) is 0 Å². The Labute approximate surface area is 153 Å². The van der Waals surface area contributed by atoms with Crippen LogP contribution in [0.3, 0.4) is 0 Å². The molecule has 1 amide bonds. The fraction of sp³-hybridized carbons (Fsp3) is 0.500. The van der Waals surface area contributed by atoms with Gasteiger partial charge in [0.2, 0.25) is 5.91 Å². The summed E-state index contributed by atoms with van der Waals surface area (Å²) in [6.07, 6.45) is 3.15. The summed E-state index contributed by atoms with van der Waals surface area (Å²) in [4.78, 5) is 16.5. The number of furan rings is 1. The molecule has 0 atom stereocenters. The van der Waals surface area contributed by atoms with E-state index in [1.54, 1.807) is 12.3 Å². The van der Waals surface area contributed by atoms with Crippen LogP contribution in [0.2, 0.25) is 0 Å². The molecule has 0 radical (unpaired) electrons. The number of nitrogens with zero attached hydrogens (tertiary/aromatic N) is 2.